The van der Waals surface area contributed by atoms with Crippen molar-refractivity contribution in [3.05, 3.63) is 12.2 Å². The molecule has 76 valence electrons. The van der Waals surface area contributed by atoms with Gasteiger partial charge in [0, 0.05) is 17.8 Å². The molecule has 1 N–H and O–H groups in total. The van der Waals surface area contributed by atoms with E-state index in [1.807, 2.05) is 11.8 Å². The lowest BCUT2D eigenvalue weighted by Gasteiger charge is -2.27. The van der Waals surface area contributed by atoms with E-state index >= 15 is 0 Å². The smallest absolute Gasteiger partial charge is 0.0281 e. The molecular formula is C11H21NS. The zero-order valence-electron chi connectivity index (χ0n) is 8.86. The van der Waals surface area contributed by atoms with Gasteiger partial charge in [-0.1, -0.05) is 25.0 Å². The van der Waals surface area contributed by atoms with Gasteiger partial charge in [0.05, 0.1) is 0 Å². The van der Waals surface area contributed by atoms with Gasteiger partial charge in [-0.25, -0.2) is 0 Å². The molecule has 1 saturated carbocycles. The lowest BCUT2D eigenvalue weighted by molar-refractivity contribution is 0.549. The molecule has 0 heterocycles. The normalized spacial score (nSPS) is 20.5. The van der Waals surface area contributed by atoms with Crippen LogP contribution >= 0.6 is 11.8 Å². The van der Waals surface area contributed by atoms with Crippen LogP contribution in [0.5, 0.6) is 0 Å². The van der Waals surface area contributed by atoms with Crippen LogP contribution in [0.4, 0.5) is 0 Å². The third-order valence-corrected chi connectivity index (χ3v) is 4.24. The van der Waals surface area contributed by atoms with Crippen molar-refractivity contribution in [2.45, 2.75) is 37.4 Å². The van der Waals surface area contributed by atoms with Crippen molar-refractivity contribution in [3.63, 3.8) is 0 Å². The Bertz CT molecular complexity index is 171. The molecule has 0 aromatic carbocycles. The van der Waals surface area contributed by atoms with Crippen molar-refractivity contribution < 1.29 is 0 Å². The molecule has 0 aliphatic heterocycles. The van der Waals surface area contributed by atoms with Gasteiger partial charge in [0.1, 0.15) is 0 Å². The molecule has 1 aliphatic rings. The van der Waals surface area contributed by atoms with Crippen molar-refractivity contribution in [1.82, 2.24) is 5.32 Å². The summed E-state index contributed by atoms with van der Waals surface area (Å²) in [6.07, 6.45) is 7.84. The first-order valence-electron chi connectivity index (χ1n) is 5.09. The van der Waals surface area contributed by atoms with Crippen molar-refractivity contribution >= 4 is 11.8 Å². The molecule has 0 saturated heterocycles. The van der Waals surface area contributed by atoms with Gasteiger partial charge in [-0.15, -0.1) is 0 Å². The summed E-state index contributed by atoms with van der Waals surface area (Å²) in [5.74, 6) is 0. The number of hydrogen-bond acceptors (Lipinski definition) is 2. The maximum atomic E-state index is 3.90. The summed E-state index contributed by atoms with van der Waals surface area (Å²) < 4.78 is 0.537. The second-order valence-corrected chi connectivity index (χ2v) is 5.43. The van der Waals surface area contributed by atoms with E-state index in [-0.39, 0.29) is 0 Å². The van der Waals surface area contributed by atoms with E-state index in [1.165, 1.54) is 31.3 Å². The van der Waals surface area contributed by atoms with Gasteiger partial charge < -0.3 is 5.32 Å². The summed E-state index contributed by atoms with van der Waals surface area (Å²) >= 11 is 2.04. The fourth-order valence-corrected chi connectivity index (χ4v) is 2.92. The van der Waals surface area contributed by atoms with Gasteiger partial charge in [0.2, 0.25) is 0 Å². The van der Waals surface area contributed by atoms with Crippen LogP contribution < -0.4 is 5.32 Å². The maximum Gasteiger partial charge on any atom is 0.0281 e. The second kappa shape index (κ2) is 5.06. The van der Waals surface area contributed by atoms with Crippen molar-refractivity contribution in [2.24, 2.45) is 0 Å². The predicted molar refractivity (Wildman–Crippen MR) is 62.4 cm³/mol. The molecule has 0 radical (unpaired) electrons. The predicted octanol–water partition coefficient (Wildman–Crippen LogP) is 2.83. The van der Waals surface area contributed by atoms with E-state index in [1.54, 1.807) is 0 Å². The average molecular weight is 199 g/mol. The summed E-state index contributed by atoms with van der Waals surface area (Å²) in [6, 6.07) is 0. The Balaban J connectivity index is 2.27. The van der Waals surface area contributed by atoms with E-state index in [2.05, 4.69) is 25.1 Å². The molecule has 13 heavy (non-hydrogen) atoms. The number of rotatable bonds is 5. The Morgan fingerprint density at radius 1 is 1.46 bits per heavy atom. The Labute approximate surface area is 86.4 Å². The van der Waals surface area contributed by atoms with Crippen LogP contribution in [0.1, 0.15) is 32.6 Å². The molecular weight excluding hydrogens is 178 g/mol. The lowest BCUT2D eigenvalue weighted by Crippen LogP contribution is -2.35. The van der Waals surface area contributed by atoms with Gasteiger partial charge in [-0.3, -0.25) is 0 Å². The zero-order valence-corrected chi connectivity index (χ0v) is 9.67. The molecule has 0 unspecified atom stereocenters. The van der Waals surface area contributed by atoms with Crippen molar-refractivity contribution in [1.29, 1.82) is 0 Å². The van der Waals surface area contributed by atoms with Gasteiger partial charge in [-0.05, 0) is 26.0 Å². The first-order valence-corrected chi connectivity index (χ1v) is 6.31. The molecule has 1 aliphatic carbocycles. The molecule has 0 amide bonds. The number of nitrogens with one attached hydrogen (secondary N) is 1. The largest absolute Gasteiger partial charge is 0.312 e. The minimum absolute atomic E-state index is 0.537. The molecule has 0 aromatic heterocycles. The first-order chi connectivity index (χ1) is 6.18. The molecule has 0 atom stereocenters. The average Bonchev–Trinajstić information content (AvgIpc) is 2.53. The van der Waals surface area contributed by atoms with Gasteiger partial charge in [0.25, 0.3) is 0 Å². The minimum Gasteiger partial charge on any atom is -0.312 e. The third-order valence-electron chi connectivity index (χ3n) is 2.82. The fourth-order valence-electron chi connectivity index (χ4n) is 1.98. The van der Waals surface area contributed by atoms with Crippen LogP contribution in [0, 0.1) is 0 Å². The minimum atomic E-state index is 0.537. The standard InChI is InChI=1S/C11H21NS/c1-10(2)8-12-9-11(13-3)6-4-5-7-11/h12H,1,4-9H2,2-3H3. The van der Waals surface area contributed by atoms with Crippen molar-refractivity contribution in [3.8, 4) is 0 Å². The maximum absolute atomic E-state index is 3.90. The summed E-state index contributed by atoms with van der Waals surface area (Å²) in [4.78, 5) is 0. The zero-order chi connectivity index (χ0) is 9.73. The Kier molecular flexibility index (Phi) is 4.33. The van der Waals surface area contributed by atoms with Crippen LogP contribution in [-0.4, -0.2) is 24.1 Å². The fraction of sp³-hybridized carbons (Fsp3) is 0.818. The molecule has 1 nitrogen and oxygen atoms in total. The molecule has 0 aromatic rings. The summed E-state index contributed by atoms with van der Waals surface area (Å²) in [5.41, 5.74) is 1.23. The highest BCUT2D eigenvalue weighted by Crippen LogP contribution is 2.39. The molecule has 1 fully saturated rings. The van der Waals surface area contributed by atoms with E-state index in [0.29, 0.717) is 4.75 Å². The highest BCUT2D eigenvalue weighted by atomic mass is 32.2. The van der Waals surface area contributed by atoms with Crippen LogP contribution in [-0.2, 0) is 0 Å². The lowest BCUT2D eigenvalue weighted by atomic mass is 10.1. The first kappa shape index (κ1) is 11.1. The van der Waals surface area contributed by atoms with Gasteiger partial charge in [0.15, 0.2) is 0 Å². The van der Waals surface area contributed by atoms with Crippen LogP contribution in [0.3, 0.4) is 0 Å². The van der Waals surface area contributed by atoms with Crippen LogP contribution in [0.25, 0.3) is 0 Å². The quantitative estimate of drug-likeness (QED) is 0.683. The highest BCUT2D eigenvalue weighted by Gasteiger charge is 2.32. The SMILES string of the molecule is C=C(C)CNCC1(SC)CCCC1. The van der Waals surface area contributed by atoms with Gasteiger partial charge in [-0.2, -0.15) is 11.8 Å². The van der Waals surface area contributed by atoms with E-state index in [9.17, 15) is 0 Å². The number of hydrogen-bond donors (Lipinski definition) is 1. The molecule has 0 bridgehead atoms. The van der Waals surface area contributed by atoms with Gasteiger partial charge >= 0.3 is 0 Å². The number of thioether (sulfide) groups is 1. The van der Waals surface area contributed by atoms with Crippen LogP contribution in [0.15, 0.2) is 12.2 Å². The Morgan fingerprint density at radius 2 is 2.08 bits per heavy atom. The van der Waals surface area contributed by atoms with Crippen LogP contribution in [0.2, 0.25) is 0 Å². The Hall–Kier alpha value is 0.0500. The van der Waals surface area contributed by atoms with E-state index < -0.39 is 0 Å². The highest BCUT2D eigenvalue weighted by molar-refractivity contribution is 8.00. The topological polar surface area (TPSA) is 12.0 Å². The van der Waals surface area contributed by atoms with E-state index in [4.69, 9.17) is 0 Å². The molecule has 0 spiro atoms. The van der Waals surface area contributed by atoms with Crippen molar-refractivity contribution in [2.75, 3.05) is 19.3 Å². The summed E-state index contributed by atoms with van der Waals surface area (Å²) in [6.45, 7) is 8.10. The van der Waals surface area contributed by atoms with E-state index in [0.717, 1.165) is 13.1 Å². The second-order valence-electron chi connectivity index (χ2n) is 4.15. The molecule has 1 rings (SSSR count). The monoisotopic (exact) mass is 199 g/mol. The third kappa shape index (κ3) is 3.35. The Morgan fingerprint density at radius 3 is 2.54 bits per heavy atom. The summed E-state index contributed by atoms with van der Waals surface area (Å²) in [7, 11) is 0. The summed E-state index contributed by atoms with van der Waals surface area (Å²) in [5, 5.41) is 3.50. The molecule has 2 heteroatoms.